The van der Waals surface area contributed by atoms with Crippen LogP contribution in [0.1, 0.15) is 27.0 Å². The molecule has 0 fully saturated rings. The summed E-state index contributed by atoms with van der Waals surface area (Å²) < 4.78 is 10.5. The van der Waals surface area contributed by atoms with E-state index in [1.54, 1.807) is 32.4 Å². The third-order valence-electron chi connectivity index (χ3n) is 3.91. The number of carbonyl (C=O) groups is 1. The third kappa shape index (κ3) is 4.71. The van der Waals surface area contributed by atoms with E-state index in [-0.39, 0.29) is 19.1 Å². The van der Waals surface area contributed by atoms with Crippen molar-refractivity contribution in [3.63, 3.8) is 0 Å². The largest absolute Gasteiger partial charge is 0.493 e. The predicted molar refractivity (Wildman–Crippen MR) is 93.9 cm³/mol. The van der Waals surface area contributed by atoms with Crippen LogP contribution in [0.2, 0.25) is 0 Å². The molecule has 2 aromatic rings. The SMILES string of the molecule is COc1ccc(CCNC(=O)c2ccc(CO)cc2CO)cc1OC. The molecule has 1 amide bonds. The van der Waals surface area contributed by atoms with Gasteiger partial charge < -0.3 is 25.0 Å². The van der Waals surface area contributed by atoms with Crippen molar-refractivity contribution in [3.8, 4) is 11.5 Å². The Hall–Kier alpha value is -2.57. The van der Waals surface area contributed by atoms with Crippen molar-refractivity contribution in [3.05, 3.63) is 58.7 Å². The Morgan fingerprint density at radius 1 is 0.960 bits per heavy atom. The second kappa shape index (κ2) is 9.05. The second-order valence-electron chi connectivity index (χ2n) is 5.50. The topological polar surface area (TPSA) is 88.0 Å². The van der Waals surface area contributed by atoms with E-state index < -0.39 is 0 Å². The van der Waals surface area contributed by atoms with Crippen LogP contribution >= 0.6 is 0 Å². The van der Waals surface area contributed by atoms with Crippen LogP contribution in [0.25, 0.3) is 0 Å². The van der Waals surface area contributed by atoms with Gasteiger partial charge in [0.2, 0.25) is 0 Å². The van der Waals surface area contributed by atoms with Crippen molar-refractivity contribution in [2.75, 3.05) is 20.8 Å². The minimum Gasteiger partial charge on any atom is -0.493 e. The molecule has 0 heterocycles. The number of carbonyl (C=O) groups excluding carboxylic acids is 1. The van der Waals surface area contributed by atoms with Gasteiger partial charge in [-0.1, -0.05) is 18.2 Å². The molecule has 134 valence electrons. The molecule has 3 N–H and O–H groups in total. The highest BCUT2D eigenvalue weighted by molar-refractivity contribution is 5.95. The molecule has 0 bridgehead atoms. The van der Waals surface area contributed by atoms with Crippen LogP contribution in [0, 0.1) is 0 Å². The molecule has 0 aliphatic carbocycles. The quantitative estimate of drug-likeness (QED) is 0.677. The number of amides is 1. The Balaban J connectivity index is 1.99. The molecule has 2 rings (SSSR count). The molecule has 0 unspecified atom stereocenters. The summed E-state index contributed by atoms with van der Waals surface area (Å²) in [6.45, 7) is 0.0570. The maximum absolute atomic E-state index is 12.3. The van der Waals surface area contributed by atoms with Crippen molar-refractivity contribution in [1.82, 2.24) is 5.32 Å². The van der Waals surface area contributed by atoms with Crippen LogP contribution in [-0.2, 0) is 19.6 Å². The summed E-state index contributed by atoms with van der Waals surface area (Å²) in [4.78, 5) is 12.3. The lowest BCUT2D eigenvalue weighted by molar-refractivity contribution is 0.0951. The molecule has 25 heavy (non-hydrogen) atoms. The lowest BCUT2D eigenvalue weighted by Crippen LogP contribution is -2.26. The van der Waals surface area contributed by atoms with Crippen molar-refractivity contribution >= 4 is 5.91 Å². The van der Waals surface area contributed by atoms with Gasteiger partial charge >= 0.3 is 0 Å². The van der Waals surface area contributed by atoms with E-state index in [0.29, 0.717) is 41.2 Å². The predicted octanol–water partition coefficient (Wildman–Crippen LogP) is 1.66. The van der Waals surface area contributed by atoms with E-state index in [9.17, 15) is 9.90 Å². The molecule has 0 saturated carbocycles. The summed E-state index contributed by atoms with van der Waals surface area (Å²) in [7, 11) is 3.16. The van der Waals surface area contributed by atoms with Crippen LogP contribution in [0.15, 0.2) is 36.4 Å². The summed E-state index contributed by atoms with van der Waals surface area (Å²) >= 11 is 0. The number of nitrogens with one attached hydrogen (secondary N) is 1. The number of rotatable bonds is 8. The fraction of sp³-hybridized carbons (Fsp3) is 0.316. The molecule has 6 heteroatoms. The normalized spacial score (nSPS) is 10.4. The van der Waals surface area contributed by atoms with E-state index in [4.69, 9.17) is 14.6 Å². The van der Waals surface area contributed by atoms with Crippen molar-refractivity contribution in [2.24, 2.45) is 0 Å². The van der Waals surface area contributed by atoms with Crippen molar-refractivity contribution in [1.29, 1.82) is 0 Å². The zero-order chi connectivity index (χ0) is 18.2. The summed E-state index contributed by atoms with van der Waals surface area (Å²) in [6.07, 6.45) is 0.634. The van der Waals surface area contributed by atoms with Crippen LogP contribution in [-0.4, -0.2) is 36.9 Å². The van der Waals surface area contributed by atoms with Crippen LogP contribution < -0.4 is 14.8 Å². The standard InChI is InChI=1S/C19H23NO5/c1-24-17-6-4-13(10-18(17)25-2)7-8-20-19(23)16-5-3-14(11-21)9-15(16)12-22/h3-6,9-10,21-22H,7-8,11-12H2,1-2H3,(H,20,23). The van der Waals surface area contributed by atoms with Crippen molar-refractivity contribution < 1.29 is 24.5 Å². The molecule has 0 aliphatic heterocycles. The van der Waals surface area contributed by atoms with E-state index in [2.05, 4.69) is 5.32 Å². The Kier molecular flexibility index (Phi) is 6.80. The number of hydrogen-bond acceptors (Lipinski definition) is 5. The first-order valence-corrected chi connectivity index (χ1v) is 7.95. The first-order chi connectivity index (χ1) is 12.1. The average molecular weight is 345 g/mol. The van der Waals surface area contributed by atoms with Gasteiger partial charge in [0, 0.05) is 12.1 Å². The van der Waals surface area contributed by atoms with Gasteiger partial charge in [-0.15, -0.1) is 0 Å². The molecule has 0 atom stereocenters. The monoisotopic (exact) mass is 345 g/mol. The minimum atomic E-state index is -0.258. The van der Waals surface area contributed by atoms with Crippen molar-refractivity contribution in [2.45, 2.75) is 19.6 Å². The van der Waals surface area contributed by atoms with E-state index in [1.807, 2.05) is 18.2 Å². The number of aliphatic hydroxyl groups excluding tert-OH is 2. The lowest BCUT2D eigenvalue weighted by Gasteiger charge is -2.11. The van der Waals surface area contributed by atoms with Gasteiger partial charge in [0.05, 0.1) is 27.4 Å². The number of methoxy groups -OCH3 is 2. The molecule has 0 aromatic heterocycles. The van der Waals surface area contributed by atoms with Crippen LogP contribution in [0.4, 0.5) is 0 Å². The zero-order valence-electron chi connectivity index (χ0n) is 14.4. The number of aliphatic hydroxyl groups is 2. The second-order valence-corrected chi connectivity index (χ2v) is 5.50. The lowest BCUT2D eigenvalue weighted by atomic mass is 10.0. The van der Waals surface area contributed by atoms with Gasteiger partial charge in [-0.25, -0.2) is 0 Å². The fourth-order valence-electron chi connectivity index (χ4n) is 2.55. The van der Waals surface area contributed by atoms with E-state index >= 15 is 0 Å². The highest BCUT2D eigenvalue weighted by atomic mass is 16.5. The summed E-state index contributed by atoms with van der Waals surface area (Å²) in [5.41, 5.74) is 2.57. The average Bonchev–Trinajstić information content (AvgIpc) is 2.66. The summed E-state index contributed by atoms with van der Waals surface area (Å²) in [5, 5.41) is 21.4. The first-order valence-electron chi connectivity index (χ1n) is 7.95. The van der Waals surface area contributed by atoms with Crippen LogP contribution in [0.5, 0.6) is 11.5 Å². The third-order valence-corrected chi connectivity index (χ3v) is 3.91. The Morgan fingerprint density at radius 3 is 2.32 bits per heavy atom. The maximum atomic E-state index is 12.3. The molecule has 6 nitrogen and oxygen atoms in total. The Bertz CT molecular complexity index is 730. The van der Waals surface area contributed by atoms with Gasteiger partial charge in [-0.05, 0) is 41.3 Å². The highest BCUT2D eigenvalue weighted by Gasteiger charge is 2.11. The first kappa shape index (κ1) is 18.8. The molecule has 0 saturated heterocycles. The Labute approximate surface area is 147 Å². The molecule has 0 radical (unpaired) electrons. The van der Waals surface area contributed by atoms with Gasteiger partial charge in [0.15, 0.2) is 11.5 Å². The minimum absolute atomic E-state index is 0.131. The van der Waals surface area contributed by atoms with Gasteiger partial charge in [-0.3, -0.25) is 4.79 Å². The fourth-order valence-corrected chi connectivity index (χ4v) is 2.55. The highest BCUT2D eigenvalue weighted by Crippen LogP contribution is 2.27. The van der Waals surface area contributed by atoms with Gasteiger partial charge in [0.1, 0.15) is 0 Å². The summed E-state index contributed by atoms with van der Waals surface area (Å²) in [6, 6.07) is 10.5. The molecule has 0 spiro atoms. The maximum Gasteiger partial charge on any atom is 0.251 e. The smallest absolute Gasteiger partial charge is 0.251 e. The Morgan fingerprint density at radius 2 is 1.68 bits per heavy atom. The zero-order valence-corrected chi connectivity index (χ0v) is 14.4. The number of ether oxygens (including phenoxy) is 2. The van der Waals surface area contributed by atoms with E-state index in [1.165, 1.54) is 0 Å². The number of benzene rings is 2. The van der Waals surface area contributed by atoms with Gasteiger partial charge in [-0.2, -0.15) is 0 Å². The number of hydrogen-bond donors (Lipinski definition) is 3. The van der Waals surface area contributed by atoms with Crippen LogP contribution in [0.3, 0.4) is 0 Å². The molecular formula is C19H23NO5. The molecular weight excluding hydrogens is 322 g/mol. The van der Waals surface area contributed by atoms with E-state index in [0.717, 1.165) is 5.56 Å². The molecule has 2 aromatic carbocycles. The molecule has 0 aliphatic rings. The summed E-state index contributed by atoms with van der Waals surface area (Å²) in [5.74, 6) is 1.05. The van der Waals surface area contributed by atoms with Gasteiger partial charge in [0.25, 0.3) is 5.91 Å².